The number of hydrogen-bond acceptors (Lipinski definition) is 4. The lowest BCUT2D eigenvalue weighted by Gasteiger charge is -2.46. The highest BCUT2D eigenvalue weighted by molar-refractivity contribution is 6.74. The van der Waals surface area contributed by atoms with E-state index in [0.717, 1.165) is 19.3 Å². The molecule has 0 N–H and O–H groups in total. The molecule has 1 rings (SSSR count). The molecule has 5 atom stereocenters. The lowest BCUT2D eigenvalue weighted by Crippen LogP contribution is -2.55. The molecule has 0 aromatic heterocycles. The highest BCUT2D eigenvalue weighted by Gasteiger charge is 2.45. The van der Waals surface area contributed by atoms with Gasteiger partial charge in [0.2, 0.25) is 0 Å². The Hall–Kier alpha value is 0.0138. The Morgan fingerprint density at radius 3 is 2.38 bits per heavy atom. The predicted octanol–water partition coefficient (Wildman–Crippen LogP) is 5.25. The van der Waals surface area contributed by atoms with Gasteiger partial charge in [0, 0.05) is 6.42 Å². The Bertz CT molecular complexity index is 434. The van der Waals surface area contributed by atoms with Crippen molar-refractivity contribution in [3.8, 4) is 0 Å². The zero-order valence-electron chi connectivity index (χ0n) is 18.5. The predicted molar refractivity (Wildman–Crippen MR) is 115 cm³/mol. The summed E-state index contributed by atoms with van der Waals surface area (Å²) in [5.74, 6) is 0. The molecule has 1 aliphatic rings. The first-order valence-electron chi connectivity index (χ1n) is 10.1. The summed E-state index contributed by atoms with van der Waals surface area (Å²) in [4.78, 5) is 0. The Morgan fingerprint density at radius 1 is 1.27 bits per heavy atom. The average Bonchev–Trinajstić information content (AvgIpc) is 2.47. The van der Waals surface area contributed by atoms with E-state index in [1.165, 1.54) is 0 Å². The van der Waals surface area contributed by atoms with Gasteiger partial charge in [0.25, 0.3) is 0 Å². The molecule has 0 aromatic rings. The largest absolute Gasteiger partial charge is 0.415 e. The maximum Gasteiger partial charge on any atom is 0.192 e. The van der Waals surface area contributed by atoms with Gasteiger partial charge in [-0.2, -0.15) is 0 Å². The number of rotatable bonds is 9. The van der Waals surface area contributed by atoms with Crippen LogP contribution in [0.1, 0.15) is 53.9 Å². The summed E-state index contributed by atoms with van der Waals surface area (Å²) in [5.41, 5.74) is 0. The standard InChI is InChI=1S/C20H42O4Si2/c1-11-12-13-15(2)21-19-18(24-26(9,10)20(4,5)6)14-17(16(3)22-19)23-25(7)8/h11,15-19,25H,1,12-14H2,2-10H3/t15?,16-,17+,18+,19+/m0/s1. The molecule has 1 unspecified atom stereocenters. The lowest BCUT2D eigenvalue weighted by atomic mass is 10.0. The van der Waals surface area contributed by atoms with Crippen LogP contribution in [0.25, 0.3) is 0 Å². The minimum Gasteiger partial charge on any atom is -0.415 e. The maximum absolute atomic E-state index is 6.73. The normalized spacial score (nSPS) is 29.0. The van der Waals surface area contributed by atoms with E-state index in [0.29, 0.717) is 0 Å². The Kier molecular flexibility index (Phi) is 9.23. The van der Waals surface area contributed by atoms with Crippen LogP contribution in [0.3, 0.4) is 0 Å². The molecule has 6 heteroatoms. The van der Waals surface area contributed by atoms with Gasteiger partial charge in [0.05, 0.1) is 24.4 Å². The molecule has 4 nitrogen and oxygen atoms in total. The van der Waals surface area contributed by atoms with E-state index >= 15 is 0 Å². The van der Waals surface area contributed by atoms with E-state index in [1.807, 2.05) is 6.08 Å². The van der Waals surface area contributed by atoms with Crippen molar-refractivity contribution < 1.29 is 18.3 Å². The van der Waals surface area contributed by atoms with Crippen molar-refractivity contribution in [3.05, 3.63) is 12.7 Å². The Balaban J connectivity index is 2.91. The molecule has 0 spiro atoms. The van der Waals surface area contributed by atoms with Gasteiger partial charge in [-0.1, -0.05) is 26.8 Å². The van der Waals surface area contributed by atoms with Crippen LogP contribution in [0.15, 0.2) is 12.7 Å². The van der Waals surface area contributed by atoms with Crippen molar-refractivity contribution in [2.24, 2.45) is 0 Å². The fraction of sp³-hybridized carbons (Fsp3) is 0.900. The lowest BCUT2D eigenvalue weighted by molar-refractivity contribution is -0.267. The fourth-order valence-electron chi connectivity index (χ4n) is 2.86. The molecule has 1 fully saturated rings. The first-order chi connectivity index (χ1) is 11.9. The zero-order chi connectivity index (χ0) is 20.1. The molecular weight excluding hydrogens is 360 g/mol. The van der Waals surface area contributed by atoms with Gasteiger partial charge >= 0.3 is 0 Å². The van der Waals surface area contributed by atoms with E-state index in [2.05, 4.69) is 67.4 Å². The molecule has 154 valence electrons. The molecule has 0 amide bonds. The first-order valence-corrected chi connectivity index (χ1v) is 15.8. The van der Waals surface area contributed by atoms with E-state index < -0.39 is 17.4 Å². The summed E-state index contributed by atoms with van der Waals surface area (Å²) in [7, 11) is -3.06. The van der Waals surface area contributed by atoms with Crippen LogP contribution in [0.2, 0.25) is 31.2 Å². The van der Waals surface area contributed by atoms with Crippen molar-refractivity contribution in [2.75, 3.05) is 0 Å². The highest BCUT2D eigenvalue weighted by atomic mass is 28.4. The second-order valence-electron chi connectivity index (χ2n) is 9.40. The van der Waals surface area contributed by atoms with E-state index in [9.17, 15) is 0 Å². The average molecular weight is 403 g/mol. The van der Waals surface area contributed by atoms with Gasteiger partial charge in [-0.25, -0.2) is 0 Å². The molecule has 0 radical (unpaired) electrons. The number of hydrogen-bond donors (Lipinski definition) is 0. The van der Waals surface area contributed by atoms with Gasteiger partial charge in [0.1, 0.15) is 0 Å². The molecule has 0 bridgehead atoms. The summed E-state index contributed by atoms with van der Waals surface area (Å²) in [5, 5.41) is 0.151. The quantitative estimate of drug-likeness (QED) is 0.390. The smallest absolute Gasteiger partial charge is 0.192 e. The minimum absolute atomic E-state index is 0.0285. The monoisotopic (exact) mass is 402 g/mol. The molecule has 0 saturated carbocycles. The van der Waals surface area contributed by atoms with Gasteiger partial charge in [-0.15, -0.1) is 6.58 Å². The van der Waals surface area contributed by atoms with Crippen LogP contribution < -0.4 is 0 Å². The van der Waals surface area contributed by atoms with Crippen LogP contribution in [0.5, 0.6) is 0 Å². The second kappa shape index (κ2) is 9.98. The van der Waals surface area contributed by atoms with Crippen molar-refractivity contribution in [2.45, 2.75) is 116 Å². The Morgan fingerprint density at radius 2 is 1.88 bits per heavy atom. The summed E-state index contributed by atoms with van der Waals surface area (Å²) >= 11 is 0. The first kappa shape index (κ1) is 24.1. The SMILES string of the molecule is C=CCCC(C)O[C@@H]1O[C@@H](C)[C@H](O[SiH](C)C)C[C@H]1O[Si](C)(C)C(C)(C)C. The molecule has 1 saturated heterocycles. The van der Waals surface area contributed by atoms with Crippen LogP contribution >= 0.6 is 0 Å². The highest BCUT2D eigenvalue weighted by Crippen LogP contribution is 2.40. The zero-order valence-corrected chi connectivity index (χ0v) is 20.7. The molecular formula is C20H42O4Si2. The van der Waals surface area contributed by atoms with Crippen LogP contribution in [0, 0.1) is 0 Å². The molecule has 26 heavy (non-hydrogen) atoms. The topological polar surface area (TPSA) is 36.9 Å². The molecule has 1 heterocycles. The van der Waals surface area contributed by atoms with Gasteiger partial charge in [-0.3, -0.25) is 0 Å². The third-order valence-corrected chi connectivity index (χ3v) is 10.9. The minimum atomic E-state index is -1.92. The van der Waals surface area contributed by atoms with Crippen molar-refractivity contribution >= 4 is 17.4 Å². The summed E-state index contributed by atoms with van der Waals surface area (Å²) in [6.07, 6.45) is 4.52. The van der Waals surface area contributed by atoms with Crippen LogP contribution in [-0.4, -0.2) is 48.1 Å². The van der Waals surface area contributed by atoms with Gasteiger partial charge < -0.3 is 18.3 Å². The van der Waals surface area contributed by atoms with Gasteiger partial charge in [0.15, 0.2) is 23.6 Å². The second-order valence-corrected chi connectivity index (χ2v) is 16.5. The van der Waals surface area contributed by atoms with E-state index in [4.69, 9.17) is 18.3 Å². The third-order valence-electron chi connectivity index (χ3n) is 5.48. The van der Waals surface area contributed by atoms with Crippen LogP contribution in [-0.2, 0) is 18.3 Å². The van der Waals surface area contributed by atoms with Crippen molar-refractivity contribution in [1.82, 2.24) is 0 Å². The molecule has 0 aromatic carbocycles. The van der Waals surface area contributed by atoms with E-state index in [-0.39, 0.29) is 35.7 Å². The van der Waals surface area contributed by atoms with Gasteiger partial charge in [-0.05, 0) is 57.9 Å². The Labute approximate surface area is 164 Å². The maximum atomic E-state index is 6.73. The van der Waals surface area contributed by atoms with Crippen molar-refractivity contribution in [1.29, 1.82) is 0 Å². The van der Waals surface area contributed by atoms with Crippen LogP contribution in [0.4, 0.5) is 0 Å². The fourth-order valence-corrected chi connectivity index (χ4v) is 5.21. The van der Waals surface area contributed by atoms with Crippen molar-refractivity contribution in [3.63, 3.8) is 0 Å². The number of allylic oxidation sites excluding steroid dienone is 1. The molecule has 0 aliphatic carbocycles. The molecule has 1 aliphatic heterocycles. The summed E-state index contributed by atoms with van der Waals surface area (Å²) in [6, 6.07) is 0. The van der Waals surface area contributed by atoms with E-state index in [1.54, 1.807) is 0 Å². The number of ether oxygens (including phenoxy) is 2. The third kappa shape index (κ3) is 7.21. The summed E-state index contributed by atoms with van der Waals surface area (Å²) in [6.45, 7) is 23.8. The summed E-state index contributed by atoms with van der Waals surface area (Å²) < 4.78 is 25.5.